The van der Waals surface area contributed by atoms with Gasteiger partial charge >= 0.3 is 0 Å². The fourth-order valence-corrected chi connectivity index (χ4v) is 3.96. The molecule has 0 saturated carbocycles. The first kappa shape index (κ1) is 18.9. The minimum absolute atomic E-state index is 0.0671. The van der Waals surface area contributed by atoms with Gasteiger partial charge in [0.15, 0.2) is 0 Å². The summed E-state index contributed by atoms with van der Waals surface area (Å²) in [6.45, 7) is 15.3. The molecule has 0 unspecified atom stereocenters. The second-order valence-electron chi connectivity index (χ2n) is 9.60. The van der Waals surface area contributed by atoms with Gasteiger partial charge in [0.05, 0.1) is 0 Å². The molecule has 0 fully saturated rings. The molecule has 1 N–H and O–H groups in total. The maximum Gasteiger partial charge on any atom is 0.253 e. The number of nitrogens with zero attached hydrogens (tertiary/aromatic N) is 1. The van der Waals surface area contributed by atoms with Gasteiger partial charge in [-0.25, -0.2) is 0 Å². The molecule has 2 heterocycles. The highest BCUT2D eigenvalue weighted by molar-refractivity contribution is 5.70. The Kier molecular flexibility index (Phi) is 4.64. The maximum atomic E-state index is 12.5. The Balaban J connectivity index is 2.26. The van der Waals surface area contributed by atoms with Crippen molar-refractivity contribution in [1.29, 1.82) is 0 Å². The third-order valence-corrected chi connectivity index (χ3v) is 5.39. The van der Waals surface area contributed by atoms with Crippen LogP contribution in [-0.4, -0.2) is 11.1 Å². The van der Waals surface area contributed by atoms with Gasteiger partial charge in [0.25, 0.3) is 5.56 Å². The van der Waals surface area contributed by atoms with Crippen LogP contribution in [0.15, 0.2) is 29.2 Å². The van der Waals surface area contributed by atoms with E-state index in [-0.39, 0.29) is 16.4 Å². The Hall–Kier alpha value is -1.87. The van der Waals surface area contributed by atoms with Gasteiger partial charge in [-0.1, -0.05) is 59.7 Å². The highest BCUT2D eigenvalue weighted by atomic mass is 16.1. The molecule has 0 atom stereocenters. The molecule has 0 radical (unpaired) electrons. The molecule has 0 saturated heterocycles. The molecule has 1 aromatic carbocycles. The third-order valence-electron chi connectivity index (χ3n) is 5.39. The van der Waals surface area contributed by atoms with E-state index >= 15 is 0 Å². The summed E-state index contributed by atoms with van der Waals surface area (Å²) < 4.78 is 1.74. The Labute approximate surface area is 157 Å². The molecule has 0 amide bonds. The van der Waals surface area contributed by atoms with Gasteiger partial charge in [-0.3, -0.25) is 4.79 Å². The van der Waals surface area contributed by atoms with Gasteiger partial charge in [-0.15, -0.1) is 0 Å². The fraction of sp³-hybridized carbons (Fsp3) is 0.522. The molecule has 0 aliphatic carbocycles. The lowest BCUT2D eigenvalue weighted by Gasteiger charge is -2.31. The predicted octanol–water partition coefficient (Wildman–Crippen LogP) is 4.29. The minimum Gasteiger partial charge on any atom is -0.318 e. The van der Waals surface area contributed by atoms with Crippen molar-refractivity contribution in [3.63, 3.8) is 0 Å². The Morgan fingerprint density at radius 1 is 0.962 bits per heavy atom. The molecule has 3 rings (SSSR count). The molecule has 1 aliphatic rings. The zero-order valence-electron chi connectivity index (χ0n) is 17.3. The van der Waals surface area contributed by atoms with Crippen molar-refractivity contribution in [3.05, 3.63) is 57.0 Å². The van der Waals surface area contributed by atoms with Crippen LogP contribution in [-0.2, 0) is 30.8 Å². The molecule has 1 aromatic heterocycles. The number of aromatic nitrogens is 1. The highest BCUT2D eigenvalue weighted by Gasteiger charge is 2.26. The van der Waals surface area contributed by atoms with Crippen molar-refractivity contribution in [1.82, 2.24) is 9.88 Å². The third kappa shape index (κ3) is 3.37. The second kappa shape index (κ2) is 6.38. The molecular formula is C23H32N2O. The van der Waals surface area contributed by atoms with Crippen LogP contribution < -0.4 is 10.9 Å². The minimum atomic E-state index is 0.0671. The molecule has 2 aromatic rings. The van der Waals surface area contributed by atoms with Gasteiger partial charge < -0.3 is 9.88 Å². The van der Waals surface area contributed by atoms with Gasteiger partial charge in [0, 0.05) is 30.9 Å². The van der Waals surface area contributed by atoms with E-state index in [2.05, 4.69) is 65.1 Å². The fourth-order valence-electron chi connectivity index (χ4n) is 3.96. The molecular weight excluding hydrogens is 320 g/mol. The van der Waals surface area contributed by atoms with Crippen LogP contribution in [0.3, 0.4) is 0 Å². The number of rotatable bonds is 1. The monoisotopic (exact) mass is 352 g/mol. The topological polar surface area (TPSA) is 34.0 Å². The van der Waals surface area contributed by atoms with Crippen LogP contribution in [0.5, 0.6) is 0 Å². The number of fused-ring (bicyclic) bond motifs is 1. The van der Waals surface area contributed by atoms with Crippen molar-refractivity contribution in [2.24, 2.45) is 7.05 Å². The SMILES string of the molecule is Cn1cc(-c2ccc(C(C)(C)C)c(C(C)(C)C)c2)c2c(c1=O)CCNC2. The molecule has 3 heteroatoms. The summed E-state index contributed by atoms with van der Waals surface area (Å²) in [5.41, 5.74) is 7.62. The quantitative estimate of drug-likeness (QED) is 0.830. The summed E-state index contributed by atoms with van der Waals surface area (Å²) in [6.07, 6.45) is 2.81. The first-order valence-corrected chi connectivity index (χ1v) is 9.57. The Bertz CT molecular complexity index is 892. The van der Waals surface area contributed by atoms with Crippen LogP contribution in [0.25, 0.3) is 11.1 Å². The van der Waals surface area contributed by atoms with E-state index in [0.717, 1.165) is 25.1 Å². The van der Waals surface area contributed by atoms with Gasteiger partial charge in [0.2, 0.25) is 0 Å². The molecule has 0 spiro atoms. The zero-order chi connectivity index (χ0) is 19.3. The zero-order valence-corrected chi connectivity index (χ0v) is 17.3. The number of hydrogen-bond donors (Lipinski definition) is 1. The van der Waals surface area contributed by atoms with Crippen molar-refractivity contribution >= 4 is 0 Å². The standard InChI is InChI=1S/C23H32N2O/c1-22(2,3)19-9-8-15(12-20(19)23(4,5)6)18-14-25(7)21(26)16-10-11-24-13-17(16)18/h8-9,12,14,24H,10-11,13H2,1-7H3. The first-order chi connectivity index (χ1) is 12.0. The molecule has 26 heavy (non-hydrogen) atoms. The summed E-state index contributed by atoms with van der Waals surface area (Å²) in [5.74, 6) is 0. The van der Waals surface area contributed by atoms with E-state index in [9.17, 15) is 4.79 Å². The lowest BCUT2D eigenvalue weighted by Crippen LogP contribution is -2.33. The van der Waals surface area contributed by atoms with E-state index in [1.54, 1.807) is 4.57 Å². The largest absolute Gasteiger partial charge is 0.318 e. The summed E-state index contributed by atoms with van der Waals surface area (Å²) in [6, 6.07) is 6.85. The lowest BCUT2D eigenvalue weighted by molar-refractivity contribution is 0.530. The van der Waals surface area contributed by atoms with Crippen LogP contribution in [0, 0.1) is 0 Å². The summed E-state index contributed by atoms with van der Waals surface area (Å²) in [5, 5.41) is 3.43. The molecule has 3 nitrogen and oxygen atoms in total. The Morgan fingerprint density at radius 3 is 2.23 bits per heavy atom. The van der Waals surface area contributed by atoms with Crippen molar-refractivity contribution < 1.29 is 0 Å². The van der Waals surface area contributed by atoms with Gasteiger partial charge in [0.1, 0.15) is 0 Å². The molecule has 140 valence electrons. The van der Waals surface area contributed by atoms with Gasteiger partial charge in [-0.2, -0.15) is 0 Å². The smallest absolute Gasteiger partial charge is 0.253 e. The van der Waals surface area contributed by atoms with Crippen LogP contribution >= 0.6 is 0 Å². The van der Waals surface area contributed by atoms with Crippen LogP contribution in [0.1, 0.15) is 63.8 Å². The summed E-state index contributed by atoms with van der Waals surface area (Å²) in [7, 11) is 1.86. The number of pyridine rings is 1. The van der Waals surface area contributed by atoms with Crippen LogP contribution in [0.2, 0.25) is 0 Å². The number of hydrogen-bond acceptors (Lipinski definition) is 2. The average molecular weight is 353 g/mol. The van der Waals surface area contributed by atoms with E-state index in [1.165, 1.54) is 27.8 Å². The van der Waals surface area contributed by atoms with Crippen molar-refractivity contribution in [3.8, 4) is 11.1 Å². The number of aryl methyl sites for hydroxylation is 1. The van der Waals surface area contributed by atoms with Crippen LogP contribution in [0.4, 0.5) is 0 Å². The molecule has 0 bridgehead atoms. The average Bonchev–Trinajstić information content (AvgIpc) is 2.56. The van der Waals surface area contributed by atoms with Gasteiger partial charge in [-0.05, 0) is 46.0 Å². The molecule has 1 aliphatic heterocycles. The van der Waals surface area contributed by atoms with E-state index < -0.39 is 0 Å². The number of nitrogens with one attached hydrogen (secondary N) is 1. The van der Waals surface area contributed by atoms with Crippen molar-refractivity contribution in [2.75, 3.05) is 6.54 Å². The second-order valence-corrected chi connectivity index (χ2v) is 9.60. The Morgan fingerprint density at radius 2 is 1.62 bits per heavy atom. The summed E-state index contributed by atoms with van der Waals surface area (Å²) >= 11 is 0. The van der Waals surface area contributed by atoms with Crippen molar-refractivity contribution in [2.45, 2.75) is 65.3 Å². The van der Waals surface area contributed by atoms with E-state index in [0.29, 0.717) is 0 Å². The number of benzene rings is 1. The van der Waals surface area contributed by atoms with E-state index in [1.807, 2.05) is 13.2 Å². The first-order valence-electron chi connectivity index (χ1n) is 9.57. The highest BCUT2D eigenvalue weighted by Crippen LogP contribution is 2.37. The lowest BCUT2D eigenvalue weighted by atomic mass is 9.74. The maximum absolute atomic E-state index is 12.5. The van der Waals surface area contributed by atoms with E-state index in [4.69, 9.17) is 0 Å². The predicted molar refractivity (Wildman–Crippen MR) is 110 cm³/mol. The normalized spacial score (nSPS) is 15.0. The summed E-state index contributed by atoms with van der Waals surface area (Å²) in [4.78, 5) is 12.5.